The number of nitrogens with zero attached hydrogens (tertiary/aromatic N) is 1. The van der Waals surface area contributed by atoms with Gasteiger partial charge in [0, 0.05) is 27.3 Å². The molecule has 0 aromatic carbocycles. The zero-order chi connectivity index (χ0) is 20.1. The van der Waals surface area contributed by atoms with Gasteiger partial charge in [0.05, 0.1) is 0 Å². The van der Waals surface area contributed by atoms with Crippen LogP contribution in [0.4, 0.5) is 4.79 Å². The van der Waals surface area contributed by atoms with Gasteiger partial charge in [-0.25, -0.2) is 4.79 Å². The maximum absolute atomic E-state index is 11.4. The third kappa shape index (κ3) is 25.6. The Hall–Kier alpha value is -0.770. The predicted molar refractivity (Wildman–Crippen MR) is 110 cm³/mol. The molecule has 1 rings (SSSR count). The second-order valence-corrected chi connectivity index (χ2v) is 7.00. The van der Waals surface area contributed by atoms with Crippen LogP contribution in [0.25, 0.3) is 0 Å². The Bertz CT molecular complexity index is 250. The monoisotopic (exact) mass is 361 g/mol. The molecular weight excluding hydrogens is 314 g/mol. The molecular formula is C21H47NO3. The fraction of sp³-hybridized carbons (Fsp3) is 0.952. The average molecular weight is 362 g/mol. The van der Waals surface area contributed by atoms with E-state index < -0.39 is 0 Å². The lowest BCUT2D eigenvalue weighted by Crippen LogP contribution is -2.34. The van der Waals surface area contributed by atoms with Crippen LogP contribution in [0.1, 0.15) is 99.8 Å². The number of likely N-dealkylation sites (tertiary alicyclic amines) is 1. The highest BCUT2D eigenvalue weighted by molar-refractivity contribution is 5.68. The van der Waals surface area contributed by atoms with Gasteiger partial charge in [0.1, 0.15) is 5.60 Å². The molecule has 1 aliphatic rings. The fourth-order valence-electron chi connectivity index (χ4n) is 2.08. The highest BCUT2D eigenvalue weighted by Crippen LogP contribution is 2.14. The van der Waals surface area contributed by atoms with E-state index in [1.54, 1.807) is 19.1 Å². The Morgan fingerprint density at radius 2 is 1.24 bits per heavy atom. The lowest BCUT2D eigenvalue weighted by molar-refractivity contribution is 0.0295. The molecule has 0 unspecified atom stereocenters. The average Bonchev–Trinajstić information content (AvgIpc) is 3.08. The molecule has 4 heteroatoms. The molecule has 4 nitrogen and oxygen atoms in total. The molecule has 1 heterocycles. The molecule has 1 saturated heterocycles. The molecule has 1 amide bonds. The van der Waals surface area contributed by atoms with Crippen molar-refractivity contribution in [2.24, 2.45) is 0 Å². The summed E-state index contributed by atoms with van der Waals surface area (Å²) in [7, 11) is 3.25. The van der Waals surface area contributed by atoms with E-state index in [0.717, 1.165) is 25.9 Å². The smallest absolute Gasteiger partial charge is 0.410 e. The summed E-state index contributed by atoms with van der Waals surface area (Å²) in [4.78, 5) is 13.1. The first-order valence-electron chi connectivity index (χ1n) is 10.2. The third-order valence-electron chi connectivity index (χ3n) is 3.21. The highest BCUT2D eigenvalue weighted by atomic mass is 16.6. The first kappa shape index (κ1) is 29.0. The van der Waals surface area contributed by atoms with Crippen LogP contribution >= 0.6 is 0 Å². The predicted octanol–water partition coefficient (Wildman–Crippen LogP) is 6.67. The highest BCUT2D eigenvalue weighted by Gasteiger charge is 2.23. The fourth-order valence-corrected chi connectivity index (χ4v) is 2.08. The van der Waals surface area contributed by atoms with E-state index in [0.29, 0.717) is 0 Å². The van der Waals surface area contributed by atoms with Gasteiger partial charge >= 0.3 is 6.09 Å². The molecule has 0 bridgehead atoms. The lowest BCUT2D eigenvalue weighted by Gasteiger charge is -2.23. The molecule has 0 radical (unpaired) electrons. The minimum atomic E-state index is -0.361. The number of rotatable bonds is 5. The number of ether oxygens (including phenoxy) is 2. The number of hydrogen-bond acceptors (Lipinski definition) is 3. The van der Waals surface area contributed by atoms with Crippen molar-refractivity contribution in [3.8, 4) is 0 Å². The molecule has 0 saturated carbocycles. The number of unbranched alkanes of at least 4 members (excludes halogenated alkanes) is 5. The van der Waals surface area contributed by atoms with E-state index in [4.69, 9.17) is 4.74 Å². The van der Waals surface area contributed by atoms with Crippen molar-refractivity contribution in [1.29, 1.82) is 0 Å². The van der Waals surface area contributed by atoms with Gasteiger partial charge in [-0.15, -0.1) is 0 Å². The van der Waals surface area contributed by atoms with Crippen LogP contribution in [0, 0.1) is 0 Å². The third-order valence-corrected chi connectivity index (χ3v) is 3.21. The minimum Gasteiger partial charge on any atom is -0.444 e. The number of hydrogen-bond donors (Lipinski definition) is 0. The van der Waals surface area contributed by atoms with Crippen LogP contribution in [0.3, 0.4) is 0 Å². The lowest BCUT2D eigenvalue weighted by atomic mass is 10.1. The van der Waals surface area contributed by atoms with Gasteiger partial charge < -0.3 is 14.4 Å². The number of methoxy groups -OCH3 is 1. The van der Waals surface area contributed by atoms with E-state index in [1.807, 2.05) is 34.6 Å². The van der Waals surface area contributed by atoms with Crippen molar-refractivity contribution in [2.75, 3.05) is 27.3 Å². The first-order valence-corrected chi connectivity index (χ1v) is 10.2. The molecule has 0 N–H and O–H groups in total. The van der Waals surface area contributed by atoms with Crippen LogP contribution < -0.4 is 0 Å². The topological polar surface area (TPSA) is 38.8 Å². The SMILES string of the molecule is CC.CC(C)(C)OC(=O)N1CCCC1.CCCCCCCC.COC. The number of carbonyl (C=O) groups is 1. The van der Waals surface area contributed by atoms with Gasteiger partial charge in [0.15, 0.2) is 0 Å². The van der Waals surface area contributed by atoms with E-state index in [2.05, 4.69) is 18.6 Å². The van der Waals surface area contributed by atoms with Crippen molar-refractivity contribution < 1.29 is 14.3 Å². The first-order chi connectivity index (χ1) is 11.8. The maximum atomic E-state index is 11.4. The second kappa shape index (κ2) is 21.3. The molecule has 0 spiro atoms. The van der Waals surface area contributed by atoms with Crippen molar-refractivity contribution >= 4 is 6.09 Å². The molecule has 1 aliphatic heterocycles. The normalized spacial score (nSPS) is 12.8. The zero-order valence-electron chi connectivity index (χ0n) is 18.7. The Morgan fingerprint density at radius 3 is 1.52 bits per heavy atom. The van der Waals surface area contributed by atoms with Gasteiger partial charge in [-0.1, -0.05) is 66.2 Å². The molecule has 0 aliphatic carbocycles. The summed E-state index contributed by atoms with van der Waals surface area (Å²) in [6.07, 6.45) is 10.5. The molecule has 1 fully saturated rings. The van der Waals surface area contributed by atoms with E-state index in [-0.39, 0.29) is 11.7 Å². The summed E-state index contributed by atoms with van der Waals surface area (Å²) in [5.41, 5.74) is -0.361. The van der Waals surface area contributed by atoms with Gasteiger partial charge in [-0.05, 0) is 33.6 Å². The standard InChI is InChI=1S/C9H17NO2.C8H18.C2H6O.C2H6/c1-9(2,3)12-8(11)10-6-4-5-7-10;1-3-5-7-8-6-4-2;1-3-2;1-2/h4-7H2,1-3H3;3-8H2,1-2H3;1-2H3;1-2H3. The Morgan fingerprint density at radius 1 is 0.880 bits per heavy atom. The van der Waals surface area contributed by atoms with E-state index in [9.17, 15) is 4.79 Å². The maximum Gasteiger partial charge on any atom is 0.410 e. The van der Waals surface area contributed by atoms with Crippen LogP contribution in [0.5, 0.6) is 0 Å². The molecule has 0 atom stereocenters. The summed E-state index contributed by atoms with van der Waals surface area (Å²) in [6, 6.07) is 0. The second-order valence-electron chi connectivity index (χ2n) is 7.00. The number of carbonyl (C=O) groups excluding carboxylic acids is 1. The summed E-state index contributed by atoms with van der Waals surface area (Å²) in [5.74, 6) is 0. The number of amides is 1. The van der Waals surface area contributed by atoms with Crippen molar-refractivity contribution in [3.05, 3.63) is 0 Å². The summed E-state index contributed by atoms with van der Waals surface area (Å²) in [5, 5.41) is 0. The molecule has 25 heavy (non-hydrogen) atoms. The largest absolute Gasteiger partial charge is 0.444 e. The van der Waals surface area contributed by atoms with Gasteiger partial charge in [-0.3, -0.25) is 0 Å². The molecule has 154 valence electrons. The van der Waals surface area contributed by atoms with E-state index in [1.165, 1.54) is 38.5 Å². The summed E-state index contributed by atoms with van der Waals surface area (Å²) >= 11 is 0. The Labute approximate surface area is 158 Å². The van der Waals surface area contributed by atoms with Crippen LogP contribution in [-0.4, -0.2) is 43.9 Å². The Kier molecular flexibility index (Phi) is 24.7. The summed E-state index contributed by atoms with van der Waals surface area (Å²) < 4.78 is 9.46. The van der Waals surface area contributed by atoms with E-state index >= 15 is 0 Å². The van der Waals surface area contributed by atoms with Crippen LogP contribution in [0.15, 0.2) is 0 Å². The van der Waals surface area contributed by atoms with Gasteiger partial charge in [-0.2, -0.15) is 0 Å². The van der Waals surface area contributed by atoms with Crippen molar-refractivity contribution in [3.63, 3.8) is 0 Å². The van der Waals surface area contributed by atoms with Gasteiger partial charge in [0.25, 0.3) is 0 Å². The molecule has 0 aromatic heterocycles. The minimum absolute atomic E-state index is 0.167. The quantitative estimate of drug-likeness (QED) is 0.513. The zero-order valence-corrected chi connectivity index (χ0v) is 18.7. The van der Waals surface area contributed by atoms with Gasteiger partial charge in [0.2, 0.25) is 0 Å². The Balaban J connectivity index is -0.000000323. The van der Waals surface area contributed by atoms with Crippen LogP contribution in [0.2, 0.25) is 0 Å². The van der Waals surface area contributed by atoms with Crippen LogP contribution in [-0.2, 0) is 9.47 Å². The van der Waals surface area contributed by atoms with Crippen molar-refractivity contribution in [1.82, 2.24) is 4.90 Å². The van der Waals surface area contributed by atoms with Crippen molar-refractivity contribution in [2.45, 2.75) is 105 Å². The summed E-state index contributed by atoms with van der Waals surface area (Å²) in [6.45, 7) is 15.9. The molecule has 0 aromatic rings.